The summed E-state index contributed by atoms with van der Waals surface area (Å²) in [6, 6.07) is 13.8. The molecule has 2 fully saturated rings. The van der Waals surface area contributed by atoms with Crippen LogP contribution in [0.25, 0.3) is 0 Å². The maximum absolute atomic E-state index is 13.3. The van der Waals surface area contributed by atoms with E-state index in [2.05, 4.69) is 28.4 Å². The van der Waals surface area contributed by atoms with Crippen LogP contribution in [0.5, 0.6) is 5.75 Å². The van der Waals surface area contributed by atoms with Crippen LogP contribution < -0.4 is 15.6 Å². The Morgan fingerprint density at radius 3 is 2.81 bits per heavy atom. The Hall–Kier alpha value is -2.31. The van der Waals surface area contributed by atoms with Gasteiger partial charge in [-0.3, -0.25) is 9.59 Å². The lowest BCUT2D eigenvalue weighted by atomic mass is 9.76. The van der Waals surface area contributed by atoms with Crippen molar-refractivity contribution in [2.75, 3.05) is 33.3 Å². The average molecular weight is 458 g/mol. The van der Waals surface area contributed by atoms with Gasteiger partial charge in [-0.25, -0.2) is 0 Å². The third-order valence-corrected chi connectivity index (χ3v) is 7.34. The number of hydrogen-bond acceptors (Lipinski definition) is 4. The Labute approximate surface area is 195 Å². The Bertz CT molecular complexity index is 1020. The molecular formula is C25H32ClN3O3. The number of pyridine rings is 1. The molecule has 2 bridgehead atoms. The van der Waals surface area contributed by atoms with Crippen LogP contribution in [0.1, 0.15) is 42.5 Å². The molecule has 4 heterocycles. The molecule has 1 aromatic heterocycles. The van der Waals surface area contributed by atoms with Crippen molar-refractivity contribution in [2.45, 2.75) is 37.6 Å². The zero-order valence-corrected chi connectivity index (χ0v) is 19.4. The molecular weight excluding hydrogens is 426 g/mol. The molecule has 0 saturated carbocycles. The van der Waals surface area contributed by atoms with Crippen molar-refractivity contribution in [3.63, 3.8) is 0 Å². The highest BCUT2D eigenvalue weighted by molar-refractivity contribution is 5.85. The second-order valence-electron chi connectivity index (χ2n) is 9.26. The lowest BCUT2D eigenvalue weighted by molar-refractivity contribution is -0.139. The zero-order chi connectivity index (χ0) is 21.4. The van der Waals surface area contributed by atoms with Crippen LogP contribution in [-0.4, -0.2) is 48.7 Å². The molecule has 5 rings (SSSR count). The number of benzene rings is 1. The number of ether oxygens (including phenoxy) is 1. The van der Waals surface area contributed by atoms with E-state index in [1.807, 2.05) is 22.8 Å². The fraction of sp³-hybridized carbons (Fsp3) is 0.520. The molecule has 2 saturated heterocycles. The predicted octanol–water partition coefficient (Wildman–Crippen LogP) is 3.01. The predicted molar refractivity (Wildman–Crippen MR) is 127 cm³/mol. The number of aromatic nitrogens is 1. The molecule has 32 heavy (non-hydrogen) atoms. The lowest BCUT2D eigenvalue weighted by Crippen LogP contribution is -2.53. The van der Waals surface area contributed by atoms with Gasteiger partial charge < -0.3 is 19.5 Å². The number of nitrogens with one attached hydrogen (secondary N) is 1. The van der Waals surface area contributed by atoms with Crippen LogP contribution in [-0.2, 0) is 11.2 Å². The van der Waals surface area contributed by atoms with Gasteiger partial charge in [0.2, 0.25) is 5.91 Å². The molecule has 1 N–H and O–H groups in total. The number of piperidine rings is 2. The van der Waals surface area contributed by atoms with E-state index in [1.54, 1.807) is 13.2 Å². The van der Waals surface area contributed by atoms with Gasteiger partial charge in [-0.15, -0.1) is 12.4 Å². The molecule has 1 amide bonds. The number of rotatable bonds is 4. The number of halogens is 1. The molecule has 4 atom stereocenters. The van der Waals surface area contributed by atoms with E-state index in [0.717, 1.165) is 68.9 Å². The number of nitrogens with zero attached hydrogens (tertiary/aromatic N) is 2. The van der Waals surface area contributed by atoms with E-state index in [0.29, 0.717) is 0 Å². The molecule has 1 aromatic carbocycles. The SMILES string of the molecule is COc1cccc(C[C@H]2[C@H]3C[C@H](CN(C(=O)[C@H]4CCCNC4)C3)c3cccc(=O)n32)c1.Cl. The summed E-state index contributed by atoms with van der Waals surface area (Å²) in [7, 11) is 1.68. The van der Waals surface area contributed by atoms with Gasteiger partial charge in [0.15, 0.2) is 0 Å². The Balaban J connectivity index is 0.00000245. The summed E-state index contributed by atoms with van der Waals surface area (Å²) in [6.45, 7) is 3.25. The lowest BCUT2D eigenvalue weighted by Gasteiger charge is -2.48. The van der Waals surface area contributed by atoms with Gasteiger partial charge in [0.1, 0.15) is 5.75 Å². The number of likely N-dealkylation sites (tertiary alicyclic amines) is 1. The maximum Gasteiger partial charge on any atom is 0.251 e. The van der Waals surface area contributed by atoms with Crippen LogP contribution >= 0.6 is 12.4 Å². The number of methoxy groups -OCH3 is 1. The highest BCUT2D eigenvalue weighted by atomic mass is 35.5. The first-order valence-electron chi connectivity index (χ1n) is 11.5. The average Bonchev–Trinajstić information content (AvgIpc) is 2.82. The number of fused-ring (bicyclic) bond motifs is 4. The van der Waals surface area contributed by atoms with E-state index >= 15 is 0 Å². The molecule has 2 aromatic rings. The molecule has 3 aliphatic heterocycles. The van der Waals surface area contributed by atoms with Gasteiger partial charge in [0, 0.05) is 43.4 Å². The van der Waals surface area contributed by atoms with E-state index in [4.69, 9.17) is 4.74 Å². The molecule has 172 valence electrons. The molecule has 0 aliphatic carbocycles. The monoisotopic (exact) mass is 457 g/mol. The fourth-order valence-corrected chi connectivity index (χ4v) is 5.85. The van der Waals surface area contributed by atoms with Gasteiger partial charge in [-0.1, -0.05) is 18.2 Å². The molecule has 0 spiro atoms. The first kappa shape index (κ1) is 22.9. The third-order valence-electron chi connectivity index (χ3n) is 7.34. The van der Waals surface area contributed by atoms with Gasteiger partial charge in [0.25, 0.3) is 5.56 Å². The standard InChI is InChI=1S/C25H31N3O3.ClH/c1-31-21-7-2-5-17(11-21)12-23-20-13-19(22-8-3-9-24(29)28(22)23)15-27(16-20)25(30)18-6-4-10-26-14-18;/h2-3,5,7-9,11,18-20,23,26H,4,6,10,12-16H2,1H3;1H/t18-,19+,20-,23-;/m0./s1. The first-order valence-corrected chi connectivity index (χ1v) is 11.5. The van der Waals surface area contributed by atoms with Gasteiger partial charge >= 0.3 is 0 Å². The summed E-state index contributed by atoms with van der Waals surface area (Å²) in [5.41, 5.74) is 2.30. The minimum Gasteiger partial charge on any atom is -0.497 e. The molecule has 0 radical (unpaired) electrons. The van der Waals surface area contributed by atoms with Gasteiger partial charge in [0.05, 0.1) is 13.0 Å². The number of hydrogen-bond donors (Lipinski definition) is 1. The molecule has 3 aliphatic rings. The van der Waals surface area contributed by atoms with Crippen LogP contribution in [0.15, 0.2) is 47.3 Å². The molecule has 0 unspecified atom stereocenters. The van der Waals surface area contributed by atoms with Crippen molar-refractivity contribution in [3.8, 4) is 5.75 Å². The fourth-order valence-electron chi connectivity index (χ4n) is 5.85. The van der Waals surface area contributed by atoms with Crippen molar-refractivity contribution in [1.29, 1.82) is 0 Å². The van der Waals surface area contributed by atoms with E-state index in [1.165, 1.54) is 0 Å². The second kappa shape index (κ2) is 9.67. The Morgan fingerprint density at radius 2 is 2.03 bits per heavy atom. The van der Waals surface area contributed by atoms with Crippen molar-refractivity contribution < 1.29 is 9.53 Å². The smallest absolute Gasteiger partial charge is 0.251 e. The van der Waals surface area contributed by atoms with E-state index < -0.39 is 0 Å². The summed E-state index contributed by atoms with van der Waals surface area (Å²) in [6.07, 6.45) is 3.83. The zero-order valence-electron chi connectivity index (χ0n) is 18.5. The minimum atomic E-state index is 0. The quantitative estimate of drug-likeness (QED) is 0.766. The topological polar surface area (TPSA) is 63.6 Å². The Kier molecular flexibility index (Phi) is 6.91. The summed E-state index contributed by atoms with van der Waals surface area (Å²) < 4.78 is 7.42. The normalized spacial score (nSPS) is 26.6. The van der Waals surface area contributed by atoms with Crippen LogP contribution in [0.4, 0.5) is 0 Å². The van der Waals surface area contributed by atoms with Crippen molar-refractivity contribution in [1.82, 2.24) is 14.8 Å². The number of carbonyl (C=O) groups is 1. The van der Waals surface area contributed by atoms with Crippen molar-refractivity contribution in [2.24, 2.45) is 11.8 Å². The summed E-state index contributed by atoms with van der Waals surface area (Å²) >= 11 is 0. The summed E-state index contributed by atoms with van der Waals surface area (Å²) in [5.74, 6) is 1.71. The van der Waals surface area contributed by atoms with Gasteiger partial charge in [-0.2, -0.15) is 0 Å². The molecule has 6 nitrogen and oxygen atoms in total. The van der Waals surface area contributed by atoms with Gasteiger partial charge in [-0.05, 0) is 61.9 Å². The van der Waals surface area contributed by atoms with Crippen LogP contribution in [0, 0.1) is 11.8 Å². The maximum atomic E-state index is 13.3. The highest BCUT2D eigenvalue weighted by Gasteiger charge is 2.42. The second-order valence-corrected chi connectivity index (χ2v) is 9.26. The van der Waals surface area contributed by atoms with E-state index in [9.17, 15) is 9.59 Å². The van der Waals surface area contributed by atoms with Crippen LogP contribution in [0.2, 0.25) is 0 Å². The number of amides is 1. The highest BCUT2D eigenvalue weighted by Crippen LogP contribution is 2.43. The van der Waals surface area contributed by atoms with Crippen LogP contribution in [0.3, 0.4) is 0 Å². The summed E-state index contributed by atoms with van der Waals surface area (Å²) in [4.78, 5) is 28.3. The Morgan fingerprint density at radius 1 is 1.19 bits per heavy atom. The number of carbonyl (C=O) groups excluding carboxylic acids is 1. The molecule has 7 heteroatoms. The third kappa shape index (κ3) is 4.30. The first-order chi connectivity index (χ1) is 15.1. The summed E-state index contributed by atoms with van der Waals surface area (Å²) in [5, 5.41) is 3.38. The largest absolute Gasteiger partial charge is 0.497 e. The van der Waals surface area contributed by atoms with Crippen molar-refractivity contribution >= 4 is 18.3 Å². The van der Waals surface area contributed by atoms with E-state index in [-0.39, 0.29) is 47.7 Å². The van der Waals surface area contributed by atoms with Crippen molar-refractivity contribution in [3.05, 3.63) is 64.1 Å². The minimum absolute atomic E-state index is 0.